The van der Waals surface area contributed by atoms with E-state index in [1.165, 1.54) is 0 Å². The van der Waals surface area contributed by atoms with Gasteiger partial charge in [-0.1, -0.05) is 29.3 Å². The molecule has 3 aromatic rings. The molecule has 0 aliphatic carbocycles. The molecule has 1 amide bonds. The zero-order chi connectivity index (χ0) is 22.4. The summed E-state index contributed by atoms with van der Waals surface area (Å²) in [5, 5.41) is 0.983. The molecule has 0 aliphatic heterocycles. The largest absolute Gasteiger partial charge is 0.484 e. The van der Waals surface area contributed by atoms with Crippen LogP contribution in [0.3, 0.4) is 0 Å². The molecule has 2 N–H and O–H groups in total. The zero-order valence-corrected chi connectivity index (χ0v) is 19.1. The van der Waals surface area contributed by atoms with Crippen molar-refractivity contribution in [3.05, 3.63) is 52.3 Å². The number of carbonyl (C=O) groups is 1. The highest BCUT2D eigenvalue weighted by atomic mass is 35.5. The lowest BCUT2D eigenvalue weighted by molar-refractivity contribution is 0.153. The summed E-state index contributed by atoms with van der Waals surface area (Å²) in [6.45, 7) is 7.04. The van der Waals surface area contributed by atoms with Gasteiger partial charge in [-0.3, -0.25) is 0 Å². The van der Waals surface area contributed by atoms with Crippen LogP contribution in [0.2, 0.25) is 10.0 Å². The maximum Gasteiger partial charge on any atom is 0.404 e. The van der Waals surface area contributed by atoms with Crippen LogP contribution in [0, 0.1) is 0 Å². The zero-order valence-electron chi connectivity index (χ0n) is 17.6. The van der Waals surface area contributed by atoms with Crippen LogP contribution in [0.4, 0.5) is 10.5 Å². The van der Waals surface area contributed by atoms with Gasteiger partial charge >= 0.3 is 6.09 Å². The molecule has 3 rings (SSSR count). The number of rotatable bonds is 10. The van der Waals surface area contributed by atoms with Crippen LogP contribution in [-0.4, -0.2) is 35.3 Å². The molecule has 2 aromatic carbocycles. The van der Waals surface area contributed by atoms with Gasteiger partial charge < -0.3 is 24.7 Å². The molecular weight excluding hydrogens is 439 g/mol. The summed E-state index contributed by atoms with van der Waals surface area (Å²) in [5.41, 5.74) is 8.07. The van der Waals surface area contributed by atoms with Gasteiger partial charge in [0, 0.05) is 24.7 Å². The number of anilines is 1. The highest BCUT2D eigenvalue weighted by molar-refractivity contribution is 6.35. The van der Waals surface area contributed by atoms with E-state index in [-0.39, 0.29) is 13.2 Å². The number of para-hydroxylation sites is 1. The van der Waals surface area contributed by atoms with Gasteiger partial charge in [-0.25, -0.2) is 9.78 Å². The monoisotopic (exact) mass is 464 g/mol. The van der Waals surface area contributed by atoms with E-state index in [0.717, 1.165) is 35.6 Å². The molecule has 166 valence electrons. The number of nitrogens with zero attached hydrogens (tertiary/aromatic N) is 3. The summed E-state index contributed by atoms with van der Waals surface area (Å²) in [6.07, 6.45) is -0.185. The molecule has 0 bridgehead atoms. The predicted octanol–water partition coefficient (Wildman–Crippen LogP) is 5.25. The number of ether oxygens (including phenoxy) is 2. The third-order valence-corrected chi connectivity index (χ3v) is 5.48. The fraction of sp³-hybridized carbons (Fsp3) is 0.364. The third-order valence-electron chi connectivity index (χ3n) is 4.95. The Bertz CT molecular complexity index is 1050. The fourth-order valence-electron chi connectivity index (χ4n) is 3.52. The van der Waals surface area contributed by atoms with Gasteiger partial charge in [0.1, 0.15) is 18.2 Å². The van der Waals surface area contributed by atoms with Crippen molar-refractivity contribution in [2.75, 3.05) is 24.6 Å². The van der Waals surface area contributed by atoms with E-state index in [4.69, 9.17) is 43.4 Å². The first kappa shape index (κ1) is 23.0. The maximum absolute atomic E-state index is 10.9. The van der Waals surface area contributed by atoms with E-state index < -0.39 is 6.09 Å². The first-order chi connectivity index (χ1) is 14.9. The number of aryl methyl sites for hydroxylation is 1. The van der Waals surface area contributed by atoms with Crippen LogP contribution in [0.1, 0.15) is 26.1 Å². The summed E-state index contributed by atoms with van der Waals surface area (Å²) >= 11 is 12.2. The summed E-state index contributed by atoms with van der Waals surface area (Å²) in [4.78, 5) is 18.0. The number of hydrogen-bond acceptors (Lipinski definition) is 5. The van der Waals surface area contributed by atoms with Gasteiger partial charge in [-0.05, 0) is 50.6 Å². The second-order valence-corrected chi connectivity index (χ2v) is 7.72. The number of amides is 1. The Morgan fingerprint density at radius 1 is 1.19 bits per heavy atom. The molecule has 0 unspecified atom stereocenters. The summed E-state index contributed by atoms with van der Waals surface area (Å²) in [6, 6.07) is 11.2. The second-order valence-electron chi connectivity index (χ2n) is 6.88. The van der Waals surface area contributed by atoms with Crippen molar-refractivity contribution in [1.29, 1.82) is 0 Å². The lowest BCUT2D eigenvalue weighted by atomic mass is 10.2. The normalized spacial score (nSPS) is 11.0. The average molecular weight is 465 g/mol. The molecule has 0 saturated carbocycles. The van der Waals surface area contributed by atoms with Gasteiger partial charge in [-0.15, -0.1) is 0 Å². The van der Waals surface area contributed by atoms with Crippen molar-refractivity contribution in [1.82, 2.24) is 9.55 Å². The predicted molar refractivity (Wildman–Crippen MR) is 124 cm³/mol. The minimum absolute atomic E-state index is 0.227. The summed E-state index contributed by atoms with van der Waals surface area (Å²) < 4.78 is 13.0. The molecule has 0 radical (unpaired) electrons. The Labute approximate surface area is 191 Å². The lowest BCUT2D eigenvalue weighted by Gasteiger charge is -2.23. The van der Waals surface area contributed by atoms with Crippen LogP contribution in [0.15, 0.2) is 36.4 Å². The Kier molecular flexibility index (Phi) is 7.87. The number of imidazole rings is 1. The molecule has 0 fully saturated rings. The molecule has 1 aromatic heterocycles. The number of aromatic nitrogens is 2. The standard InChI is InChI=1S/C22H26Cl2N4O3/c1-3-27(4-2)18-8-5-7-17-21(18)28(11-6-12-30-22(25)29)20(26-17)14-31-19-10-9-15(23)13-16(19)24/h5,7-10,13H,3-4,6,11-12,14H2,1-2H3,(H2,25,29). The van der Waals surface area contributed by atoms with Crippen molar-refractivity contribution in [2.45, 2.75) is 33.4 Å². The number of hydrogen-bond donors (Lipinski definition) is 1. The van der Waals surface area contributed by atoms with Gasteiger partial charge in [-0.2, -0.15) is 0 Å². The molecule has 31 heavy (non-hydrogen) atoms. The Morgan fingerprint density at radius 2 is 1.97 bits per heavy atom. The van der Waals surface area contributed by atoms with Crippen LogP contribution in [-0.2, 0) is 17.9 Å². The number of primary amides is 1. The smallest absolute Gasteiger partial charge is 0.404 e. The number of nitrogens with two attached hydrogens (primary N) is 1. The highest BCUT2D eigenvalue weighted by Crippen LogP contribution is 2.31. The van der Waals surface area contributed by atoms with E-state index in [1.54, 1.807) is 18.2 Å². The number of halogens is 2. The Hall–Kier alpha value is -2.64. The minimum atomic E-state index is -0.778. The van der Waals surface area contributed by atoms with Crippen LogP contribution in [0.5, 0.6) is 5.75 Å². The molecule has 0 aliphatic rings. The van der Waals surface area contributed by atoms with Crippen LogP contribution < -0.4 is 15.4 Å². The highest BCUT2D eigenvalue weighted by Gasteiger charge is 2.17. The second kappa shape index (κ2) is 10.6. The number of benzene rings is 2. The van der Waals surface area contributed by atoms with Crippen LogP contribution in [0.25, 0.3) is 11.0 Å². The quantitative estimate of drug-likeness (QED) is 0.414. The Morgan fingerprint density at radius 3 is 2.65 bits per heavy atom. The SMILES string of the molecule is CCN(CC)c1cccc2nc(COc3ccc(Cl)cc3Cl)n(CCCOC(N)=O)c12. The first-order valence-electron chi connectivity index (χ1n) is 10.2. The Balaban J connectivity index is 1.95. The van der Waals surface area contributed by atoms with Crippen molar-refractivity contribution in [3.8, 4) is 5.75 Å². The van der Waals surface area contributed by atoms with Crippen molar-refractivity contribution in [3.63, 3.8) is 0 Å². The first-order valence-corrected chi connectivity index (χ1v) is 10.9. The van der Waals surface area contributed by atoms with E-state index in [1.807, 2.05) is 12.1 Å². The van der Waals surface area contributed by atoms with E-state index in [0.29, 0.717) is 28.8 Å². The topological polar surface area (TPSA) is 82.6 Å². The molecular formula is C22H26Cl2N4O3. The van der Waals surface area contributed by atoms with Crippen molar-refractivity contribution >= 4 is 46.0 Å². The van der Waals surface area contributed by atoms with Gasteiger partial charge in [0.25, 0.3) is 0 Å². The lowest BCUT2D eigenvalue weighted by Crippen LogP contribution is -2.23. The van der Waals surface area contributed by atoms with Crippen molar-refractivity contribution in [2.24, 2.45) is 5.73 Å². The van der Waals surface area contributed by atoms with E-state index in [2.05, 4.69) is 29.4 Å². The molecule has 0 saturated heterocycles. The number of fused-ring (bicyclic) bond motifs is 1. The van der Waals surface area contributed by atoms with E-state index in [9.17, 15) is 4.79 Å². The summed E-state index contributed by atoms with van der Waals surface area (Å²) in [5.74, 6) is 1.28. The van der Waals surface area contributed by atoms with Gasteiger partial charge in [0.2, 0.25) is 0 Å². The summed E-state index contributed by atoms with van der Waals surface area (Å²) in [7, 11) is 0. The van der Waals surface area contributed by atoms with E-state index >= 15 is 0 Å². The third kappa shape index (κ3) is 5.54. The van der Waals surface area contributed by atoms with Gasteiger partial charge in [0.15, 0.2) is 0 Å². The fourth-order valence-corrected chi connectivity index (χ4v) is 3.98. The molecule has 1 heterocycles. The molecule has 7 nitrogen and oxygen atoms in total. The minimum Gasteiger partial charge on any atom is -0.484 e. The molecule has 9 heteroatoms. The molecule has 0 atom stereocenters. The van der Waals surface area contributed by atoms with Gasteiger partial charge in [0.05, 0.1) is 28.4 Å². The maximum atomic E-state index is 10.9. The molecule has 0 spiro atoms. The average Bonchev–Trinajstić information content (AvgIpc) is 3.09. The number of carbonyl (C=O) groups excluding carboxylic acids is 1. The van der Waals surface area contributed by atoms with Crippen molar-refractivity contribution < 1.29 is 14.3 Å². The van der Waals surface area contributed by atoms with Crippen LogP contribution >= 0.6 is 23.2 Å².